The number of hydrogen-bond donors (Lipinski definition) is 2. The van der Waals surface area contributed by atoms with E-state index in [2.05, 4.69) is 36.5 Å². The number of rotatable bonds is 5. The molecule has 3 rings (SSSR count). The van der Waals surface area contributed by atoms with Gasteiger partial charge in [-0.25, -0.2) is 4.79 Å². The van der Waals surface area contributed by atoms with Gasteiger partial charge in [-0.05, 0) is 24.3 Å². The van der Waals surface area contributed by atoms with Gasteiger partial charge >= 0.3 is 6.03 Å². The number of aromatic nitrogens is 2. The molecule has 1 aromatic carbocycles. The highest BCUT2D eigenvalue weighted by atomic mass is 16.5. The SMILES string of the molecule is CC(C)C(=O)N1CCC(Oc2ccc(NC(=O)Nc3cc(C(C)(C)C)nn3C)cc2)CC1. The van der Waals surface area contributed by atoms with E-state index in [4.69, 9.17) is 4.74 Å². The van der Waals surface area contributed by atoms with Crippen molar-refractivity contribution in [3.63, 3.8) is 0 Å². The predicted molar refractivity (Wildman–Crippen MR) is 126 cm³/mol. The normalized spacial score (nSPS) is 15.0. The summed E-state index contributed by atoms with van der Waals surface area (Å²) >= 11 is 0. The lowest BCUT2D eigenvalue weighted by Crippen LogP contribution is -2.43. The van der Waals surface area contributed by atoms with Crippen LogP contribution in [0.1, 0.15) is 53.2 Å². The highest BCUT2D eigenvalue weighted by Crippen LogP contribution is 2.24. The van der Waals surface area contributed by atoms with Crippen LogP contribution >= 0.6 is 0 Å². The summed E-state index contributed by atoms with van der Waals surface area (Å²) < 4.78 is 7.74. The summed E-state index contributed by atoms with van der Waals surface area (Å²) in [5, 5.41) is 10.1. The second-order valence-electron chi connectivity index (χ2n) is 9.69. The van der Waals surface area contributed by atoms with Gasteiger partial charge in [-0.1, -0.05) is 34.6 Å². The third-order valence-corrected chi connectivity index (χ3v) is 5.55. The molecular weight excluding hydrogens is 406 g/mol. The van der Waals surface area contributed by atoms with Gasteiger partial charge in [0.25, 0.3) is 0 Å². The fraction of sp³-hybridized carbons (Fsp3) is 0.542. The molecule has 3 amide bonds. The van der Waals surface area contributed by atoms with Crippen LogP contribution in [-0.4, -0.2) is 45.8 Å². The standard InChI is InChI=1S/C24H35N5O3/c1-16(2)22(30)29-13-11-19(12-14-29)32-18-9-7-17(8-10-18)25-23(31)26-21-15-20(24(3,4)5)27-28(21)6/h7-10,15-16,19H,11-14H2,1-6H3,(H2,25,26,31). The third kappa shape index (κ3) is 6.02. The van der Waals surface area contributed by atoms with Crippen LogP contribution in [0.25, 0.3) is 0 Å². The van der Waals surface area contributed by atoms with Crippen molar-refractivity contribution in [2.75, 3.05) is 23.7 Å². The average molecular weight is 442 g/mol. The third-order valence-electron chi connectivity index (χ3n) is 5.55. The number of likely N-dealkylation sites (tertiary alicyclic amines) is 1. The summed E-state index contributed by atoms with van der Waals surface area (Å²) in [5.74, 6) is 1.63. The Morgan fingerprint density at radius 1 is 1.09 bits per heavy atom. The van der Waals surface area contributed by atoms with E-state index < -0.39 is 0 Å². The van der Waals surface area contributed by atoms with Gasteiger partial charge in [0.1, 0.15) is 17.7 Å². The Bertz CT molecular complexity index is 936. The minimum atomic E-state index is -0.329. The van der Waals surface area contributed by atoms with Gasteiger partial charge < -0.3 is 15.0 Å². The van der Waals surface area contributed by atoms with Crippen molar-refractivity contribution in [2.45, 2.75) is 59.0 Å². The molecule has 1 aromatic heterocycles. The molecule has 2 N–H and O–H groups in total. The van der Waals surface area contributed by atoms with Gasteiger partial charge in [-0.2, -0.15) is 5.10 Å². The first-order chi connectivity index (χ1) is 15.0. The first kappa shape index (κ1) is 23.6. The molecule has 8 nitrogen and oxygen atoms in total. The molecule has 0 radical (unpaired) electrons. The molecule has 1 saturated heterocycles. The van der Waals surface area contributed by atoms with Gasteiger partial charge in [0.15, 0.2) is 0 Å². The molecule has 0 unspecified atom stereocenters. The minimum Gasteiger partial charge on any atom is -0.490 e. The monoisotopic (exact) mass is 441 g/mol. The number of carbonyl (C=O) groups is 2. The van der Waals surface area contributed by atoms with E-state index in [1.807, 2.05) is 49.1 Å². The maximum atomic E-state index is 12.4. The fourth-order valence-electron chi connectivity index (χ4n) is 3.60. The Morgan fingerprint density at radius 2 is 1.72 bits per heavy atom. The predicted octanol–water partition coefficient (Wildman–Crippen LogP) is 4.39. The zero-order valence-electron chi connectivity index (χ0n) is 19.9. The number of nitrogens with zero attached hydrogens (tertiary/aromatic N) is 3. The minimum absolute atomic E-state index is 0.0307. The molecule has 1 aliphatic heterocycles. The summed E-state index contributed by atoms with van der Waals surface area (Å²) in [6.07, 6.45) is 1.74. The summed E-state index contributed by atoms with van der Waals surface area (Å²) in [7, 11) is 1.81. The number of benzene rings is 1. The Balaban J connectivity index is 1.49. The van der Waals surface area contributed by atoms with Crippen molar-refractivity contribution in [3.8, 4) is 5.75 Å². The Morgan fingerprint density at radius 3 is 2.25 bits per heavy atom. The van der Waals surface area contributed by atoms with Crippen LogP contribution < -0.4 is 15.4 Å². The summed E-state index contributed by atoms with van der Waals surface area (Å²) in [6, 6.07) is 8.89. The van der Waals surface area contributed by atoms with E-state index >= 15 is 0 Å². The van der Waals surface area contributed by atoms with E-state index in [-0.39, 0.29) is 29.4 Å². The number of aryl methyl sites for hydroxylation is 1. The number of piperidine rings is 1. The zero-order chi connectivity index (χ0) is 23.5. The molecule has 0 spiro atoms. The molecule has 1 fully saturated rings. The molecular formula is C24H35N5O3. The summed E-state index contributed by atoms with van der Waals surface area (Å²) in [5.41, 5.74) is 1.49. The highest BCUT2D eigenvalue weighted by Gasteiger charge is 2.25. The fourth-order valence-corrected chi connectivity index (χ4v) is 3.60. The smallest absolute Gasteiger partial charge is 0.324 e. The largest absolute Gasteiger partial charge is 0.490 e. The van der Waals surface area contributed by atoms with Crippen molar-refractivity contribution in [2.24, 2.45) is 13.0 Å². The van der Waals surface area contributed by atoms with Gasteiger partial charge in [0, 0.05) is 56.1 Å². The Labute approximate surface area is 190 Å². The van der Waals surface area contributed by atoms with E-state index in [1.165, 1.54) is 0 Å². The maximum Gasteiger partial charge on any atom is 0.324 e. The maximum absolute atomic E-state index is 12.4. The summed E-state index contributed by atoms with van der Waals surface area (Å²) in [6.45, 7) is 11.6. The molecule has 174 valence electrons. The van der Waals surface area contributed by atoms with E-state index in [9.17, 15) is 9.59 Å². The topological polar surface area (TPSA) is 88.5 Å². The van der Waals surface area contributed by atoms with Gasteiger partial charge in [0.2, 0.25) is 5.91 Å². The van der Waals surface area contributed by atoms with Crippen LogP contribution in [0, 0.1) is 5.92 Å². The van der Waals surface area contributed by atoms with Crippen LogP contribution in [0.5, 0.6) is 5.75 Å². The van der Waals surface area contributed by atoms with E-state index in [0.29, 0.717) is 11.5 Å². The van der Waals surface area contributed by atoms with Crippen LogP contribution in [0.2, 0.25) is 0 Å². The first-order valence-electron chi connectivity index (χ1n) is 11.2. The molecule has 2 aromatic rings. The van der Waals surface area contributed by atoms with Gasteiger partial charge in [0.05, 0.1) is 5.69 Å². The van der Waals surface area contributed by atoms with Crippen molar-refractivity contribution < 1.29 is 14.3 Å². The Hall–Kier alpha value is -3.03. The second-order valence-corrected chi connectivity index (χ2v) is 9.69. The molecule has 0 bridgehead atoms. The van der Waals surface area contributed by atoms with Crippen molar-refractivity contribution in [1.82, 2.24) is 14.7 Å². The van der Waals surface area contributed by atoms with Crippen LogP contribution in [0.4, 0.5) is 16.3 Å². The molecule has 1 aliphatic rings. The van der Waals surface area contributed by atoms with E-state index in [0.717, 1.165) is 37.4 Å². The Kier molecular flexibility index (Phi) is 7.11. The average Bonchev–Trinajstić information content (AvgIpc) is 3.10. The zero-order valence-corrected chi connectivity index (χ0v) is 19.9. The van der Waals surface area contributed by atoms with E-state index in [1.54, 1.807) is 11.7 Å². The number of nitrogens with one attached hydrogen (secondary N) is 2. The number of hydrogen-bond acceptors (Lipinski definition) is 4. The first-order valence-corrected chi connectivity index (χ1v) is 11.2. The molecule has 0 saturated carbocycles. The van der Waals surface area contributed by atoms with Gasteiger partial charge in [-0.15, -0.1) is 0 Å². The number of anilines is 2. The lowest BCUT2D eigenvalue weighted by Gasteiger charge is -2.33. The van der Waals surface area contributed by atoms with Crippen molar-refractivity contribution in [3.05, 3.63) is 36.0 Å². The van der Waals surface area contributed by atoms with Crippen molar-refractivity contribution in [1.29, 1.82) is 0 Å². The quantitative estimate of drug-likeness (QED) is 0.720. The molecule has 0 aliphatic carbocycles. The molecule has 8 heteroatoms. The summed E-state index contributed by atoms with van der Waals surface area (Å²) in [4.78, 5) is 26.4. The van der Waals surface area contributed by atoms with Crippen molar-refractivity contribution >= 4 is 23.4 Å². The number of amides is 3. The van der Waals surface area contributed by atoms with Gasteiger partial charge in [-0.3, -0.25) is 14.8 Å². The number of urea groups is 1. The number of ether oxygens (including phenoxy) is 1. The lowest BCUT2D eigenvalue weighted by molar-refractivity contribution is -0.136. The second kappa shape index (κ2) is 9.63. The molecule has 2 heterocycles. The highest BCUT2D eigenvalue weighted by molar-refractivity contribution is 5.99. The molecule has 32 heavy (non-hydrogen) atoms. The van der Waals surface area contributed by atoms with Crippen LogP contribution in [0.3, 0.4) is 0 Å². The van der Waals surface area contributed by atoms with Crippen LogP contribution in [-0.2, 0) is 17.3 Å². The lowest BCUT2D eigenvalue weighted by atomic mass is 9.92. The van der Waals surface area contributed by atoms with Crippen LogP contribution in [0.15, 0.2) is 30.3 Å². The molecule has 0 atom stereocenters. The number of carbonyl (C=O) groups excluding carboxylic acids is 2.